The molecule has 2 atom stereocenters. The minimum atomic E-state index is 0.733. The van der Waals surface area contributed by atoms with Gasteiger partial charge in [-0.25, -0.2) is 0 Å². The van der Waals surface area contributed by atoms with E-state index >= 15 is 0 Å². The molecule has 3 rings (SSSR count). The van der Waals surface area contributed by atoms with Crippen LogP contribution in [0.25, 0.3) is 0 Å². The second-order valence-corrected chi connectivity index (χ2v) is 5.38. The Balaban J connectivity index is 1.67. The Bertz CT molecular complexity index is 390. The van der Waals surface area contributed by atoms with E-state index in [1.54, 1.807) is 7.11 Å². The van der Waals surface area contributed by atoms with Gasteiger partial charge in [0.2, 0.25) is 0 Å². The van der Waals surface area contributed by atoms with E-state index in [9.17, 15) is 0 Å². The van der Waals surface area contributed by atoms with Gasteiger partial charge in [0.25, 0.3) is 0 Å². The smallest absolute Gasteiger partial charge is 0.118 e. The van der Waals surface area contributed by atoms with Gasteiger partial charge in [0.15, 0.2) is 0 Å². The van der Waals surface area contributed by atoms with Gasteiger partial charge >= 0.3 is 0 Å². The number of fused-ring (bicyclic) bond motifs is 1. The van der Waals surface area contributed by atoms with Gasteiger partial charge in [-0.05, 0) is 30.5 Å². The molecule has 0 aromatic heterocycles. The van der Waals surface area contributed by atoms with Gasteiger partial charge < -0.3 is 10.1 Å². The summed E-state index contributed by atoms with van der Waals surface area (Å²) in [5.74, 6) is 0.942. The van der Waals surface area contributed by atoms with Crippen molar-refractivity contribution >= 4 is 0 Å². The van der Waals surface area contributed by atoms with Crippen LogP contribution in [0, 0.1) is 0 Å². The highest BCUT2D eigenvalue weighted by Gasteiger charge is 2.34. The van der Waals surface area contributed by atoms with Gasteiger partial charge in [0.05, 0.1) is 7.11 Å². The van der Waals surface area contributed by atoms with Crippen molar-refractivity contribution in [1.29, 1.82) is 0 Å². The van der Waals surface area contributed by atoms with E-state index in [-0.39, 0.29) is 0 Å². The van der Waals surface area contributed by atoms with Crippen molar-refractivity contribution in [3.8, 4) is 5.75 Å². The van der Waals surface area contributed by atoms with Crippen molar-refractivity contribution in [2.45, 2.75) is 37.9 Å². The Kier molecular flexibility index (Phi) is 3.52. The molecule has 1 saturated carbocycles. The molecule has 18 heavy (non-hydrogen) atoms. The van der Waals surface area contributed by atoms with Gasteiger partial charge in [-0.2, -0.15) is 0 Å². The third-order valence-electron chi connectivity index (χ3n) is 4.30. The Labute approximate surface area is 109 Å². The van der Waals surface area contributed by atoms with E-state index in [1.807, 2.05) is 0 Å². The van der Waals surface area contributed by atoms with Crippen LogP contribution in [0.1, 0.15) is 24.8 Å². The summed E-state index contributed by atoms with van der Waals surface area (Å²) in [4.78, 5) is 2.65. The van der Waals surface area contributed by atoms with Crippen LogP contribution in [0.3, 0.4) is 0 Å². The van der Waals surface area contributed by atoms with Crippen LogP contribution < -0.4 is 10.1 Å². The fourth-order valence-electron chi connectivity index (χ4n) is 3.34. The largest absolute Gasteiger partial charge is 0.497 e. The predicted molar refractivity (Wildman–Crippen MR) is 72.8 cm³/mol. The summed E-state index contributed by atoms with van der Waals surface area (Å²) in [5.41, 5.74) is 1.39. The highest BCUT2D eigenvalue weighted by molar-refractivity contribution is 5.27. The van der Waals surface area contributed by atoms with Gasteiger partial charge in [-0.1, -0.05) is 18.6 Å². The van der Waals surface area contributed by atoms with Crippen molar-refractivity contribution in [1.82, 2.24) is 10.2 Å². The maximum absolute atomic E-state index is 5.20. The van der Waals surface area contributed by atoms with E-state index in [1.165, 1.54) is 31.4 Å². The van der Waals surface area contributed by atoms with Crippen molar-refractivity contribution < 1.29 is 4.74 Å². The van der Waals surface area contributed by atoms with Crippen molar-refractivity contribution in [3.63, 3.8) is 0 Å². The quantitative estimate of drug-likeness (QED) is 0.883. The molecule has 3 heteroatoms. The van der Waals surface area contributed by atoms with Gasteiger partial charge in [-0.15, -0.1) is 0 Å². The fraction of sp³-hybridized carbons (Fsp3) is 0.600. The van der Waals surface area contributed by atoms with Crippen molar-refractivity contribution in [2.75, 3.05) is 20.2 Å². The number of piperazine rings is 1. The zero-order chi connectivity index (χ0) is 12.4. The number of rotatable bonds is 3. The molecule has 1 aliphatic carbocycles. The average molecular weight is 246 g/mol. The number of hydrogen-bond acceptors (Lipinski definition) is 3. The van der Waals surface area contributed by atoms with Gasteiger partial charge in [0, 0.05) is 31.7 Å². The van der Waals surface area contributed by atoms with E-state index in [4.69, 9.17) is 4.74 Å². The minimum absolute atomic E-state index is 0.733. The molecule has 0 bridgehead atoms. The Morgan fingerprint density at radius 3 is 2.89 bits per heavy atom. The Hall–Kier alpha value is -1.06. The first kappa shape index (κ1) is 12.0. The van der Waals surface area contributed by atoms with Crippen LogP contribution in [0.15, 0.2) is 24.3 Å². The first-order chi connectivity index (χ1) is 8.86. The summed E-state index contributed by atoms with van der Waals surface area (Å²) in [6, 6.07) is 9.97. The average Bonchev–Trinajstić information content (AvgIpc) is 2.89. The normalized spacial score (nSPS) is 28.1. The topological polar surface area (TPSA) is 24.5 Å². The number of methoxy groups -OCH3 is 1. The monoisotopic (exact) mass is 246 g/mol. The van der Waals surface area contributed by atoms with Crippen molar-refractivity contribution in [3.05, 3.63) is 29.8 Å². The van der Waals surface area contributed by atoms with Gasteiger partial charge in [-0.3, -0.25) is 4.90 Å². The summed E-state index contributed by atoms with van der Waals surface area (Å²) in [5, 5.41) is 3.65. The van der Waals surface area contributed by atoms with E-state index in [0.29, 0.717) is 0 Å². The molecule has 1 aromatic carbocycles. The first-order valence-corrected chi connectivity index (χ1v) is 6.97. The molecule has 2 aliphatic rings. The number of nitrogens with one attached hydrogen (secondary N) is 1. The summed E-state index contributed by atoms with van der Waals surface area (Å²) in [6.07, 6.45) is 4.08. The molecular weight excluding hydrogens is 224 g/mol. The lowest BCUT2D eigenvalue weighted by atomic mass is 10.1. The zero-order valence-corrected chi connectivity index (χ0v) is 11.1. The summed E-state index contributed by atoms with van der Waals surface area (Å²) >= 11 is 0. The molecule has 3 nitrogen and oxygen atoms in total. The standard InChI is InChI=1S/C15H22N2O/c1-18-13-7-5-12(6-8-13)11-17-10-9-16-14-3-2-4-15(14)17/h5-8,14-16H,2-4,9-11H2,1H3/t14-,15-/m0/s1. The molecule has 2 fully saturated rings. The van der Waals surface area contributed by atoms with Crippen LogP contribution in [-0.4, -0.2) is 37.2 Å². The zero-order valence-electron chi connectivity index (χ0n) is 11.1. The lowest BCUT2D eigenvalue weighted by molar-refractivity contribution is 0.129. The molecule has 98 valence electrons. The van der Waals surface area contributed by atoms with Crippen LogP contribution in [0.5, 0.6) is 5.75 Å². The highest BCUT2D eigenvalue weighted by atomic mass is 16.5. The van der Waals surface area contributed by atoms with E-state index < -0.39 is 0 Å². The van der Waals surface area contributed by atoms with E-state index in [0.717, 1.165) is 30.9 Å². The maximum atomic E-state index is 5.20. The van der Waals surface area contributed by atoms with Crippen LogP contribution in [0.2, 0.25) is 0 Å². The third-order valence-corrected chi connectivity index (χ3v) is 4.30. The molecule has 0 unspecified atom stereocenters. The van der Waals surface area contributed by atoms with Gasteiger partial charge in [0.1, 0.15) is 5.75 Å². The second-order valence-electron chi connectivity index (χ2n) is 5.38. The SMILES string of the molecule is COc1ccc(CN2CCN[C@H]3CCC[C@@H]32)cc1. The Morgan fingerprint density at radius 1 is 1.28 bits per heavy atom. The lowest BCUT2D eigenvalue weighted by Crippen LogP contribution is -2.54. The molecule has 1 saturated heterocycles. The molecule has 1 aromatic rings. The summed E-state index contributed by atoms with van der Waals surface area (Å²) in [6.45, 7) is 3.39. The van der Waals surface area contributed by atoms with E-state index in [2.05, 4.69) is 34.5 Å². The first-order valence-electron chi connectivity index (χ1n) is 6.97. The number of benzene rings is 1. The highest BCUT2D eigenvalue weighted by Crippen LogP contribution is 2.27. The summed E-state index contributed by atoms with van der Waals surface area (Å²) in [7, 11) is 1.72. The maximum Gasteiger partial charge on any atom is 0.118 e. The molecule has 0 radical (unpaired) electrons. The molecular formula is C15H22N2O. The van der Waals surface area contributed by atoms with Crippen LogP contribution in [-0.2, 0) is 6.54 Å². The third kappa shape index (κ3) is 2.38. The minimum Gasteiger partial charge on any atom is -0.497 e. The molecule has 0 amide bonds. The predicted octanol–water partition coefficient (Wildman–Crippen LogP) is 2.02. The van der Waals surface area contributed by atoms with Crippen LogP contribution in [0.4, 0.5) is 0 Å². The van der Waals surface area contributed by atoms with Crippen molar-refractivity contribution in [2.24, 2.45) is 0 Å². The molecule has 0 spiro atoms. The fourth-order valence-corrected chi connectivity index (χ4v) is 3.34. The number of nitrogens with zero attached hydrogens (tertiary/aromatic N) is 1. The Morgan fingerprint density at radius 2 is 2.11 bits per heavy atom. The molecule has 1 heterocycles. The summed E-state index contributed by atoms with van der Waals surface area (Å²) < 4.78 is 5.20. The number of ether oxygens (including phenoxy) is 1. The lowest BCUT2D eigenvalue weighted by Gasteiger charge is -2.38. The van der Waals surface area contributed by atoms with Crippen LogP contribution >= 0.6 is 0 Å². The molecule has 1 aliphatic heterocycles. The second kappa shape index (κ2) is 5.29. The molecule has 1 N–H and O–H groups in total. The number of hydrogen-bond donors (Lipinski definition) is 1.